The molecular formula is C14H23IN4O2. The lowest BCUT2D eigenvalue weighted by atomic mass is 9.93. The standard InChI is InChI=1S/C14H22N4O2.HI/c1-14(2)6-7-18(9-14)13(16-3)17-8-10-4-5-11(20-10)12(15)19;/h4-5H,6-9H2,1-3H3,(H2,15,19)(H,16,17);1H. The second-order valence-corrected chi connectivity index (χ2v) is 5.87. The van der Waals surface area contributed by atoms with Crippen molar-refractivity contribution in [1.29, 1.82) is 0 Å². The fraction of sp³-hybridized carbons (Fsp3) is 0.571. The monoisotopic (exact) mass is 406 g/mol. The Morgan fingerprint density at radius 1 is 1.52 bits per heavy atom. The summed E-state index contributed by atoms with van der Waals surface area (Å²) in [6.07, 6.45) is 1.15. The number of nitrogens with two attached hydrogens (primary N) is 1. The topological polar surface area (TPSA) is 83.9 Å². The van der Waals surface area contributed by atoms with Crippen LogP contribution >= 0.6 is 24.0 Å². The van der Waals surface area contributed by atoms with E-state index in [1.807, 2.05) is 0 Å². The molecule has 0 aliphatic carbocycles. The summed E-state index contributed by atoms with van der Waals surface area (Å²) in [6.45, 7) is 6.98. The van der Waals surface area contributed by atoms with E-state index in [-0.39, 0.29) is 29.7 Å². The molecule has 3 N–H and O–H groups in total. The van der Waals surface area contributed by atoms with Crippen molar-refractivity contribution >= 4 is 35.8 Å². The third-order valence-corrected chi connectivity index (χ3v) is 3.51. The van der Waals surface area contributed by atoms with Gasteiger partial charge in [-0.3, -0.25) is 9.79 Å². The number of rotatable bonds is 3. The summed E-state index contributed by atoms with van der Waals surface area (Å²) in [5, 5.41) is 3.25. The molecule has 0 aromatic carbocycles. The maximum absolute atomic E-state index is 11.0. The van der Waals surface area contributed by atoms with Gasteiger partial charge in [0.2, 0.25) is 0 Å². The van der Waals surface area contributed by atoms with Crippen molar-refractivity contribution in [1.82, 2.24) is 10.2 Å². The average molecular weight is 406 g/mol. The zero-order valence-corrected chi connectivity index (χ0v) is 15.0. The Kier molecular flexibility index (Phi) is 6.06. The van der Waals surface area contributed by atoms with Gasteiger partial charge >= 0.3 is 0 Å². The minimum atomic E-state index is -0.554. The van der Waals surface area contributed by atoms with Crippen molar-refractivity contribution in [2.45, 2.75) is 26.8 Å². The number of nitrogens with zero attached hydrogens (tertiary/aromatic N) is 2. The first kappa shape index (κ1) is 17.8. The van der Waals surface area contributed by atoms with E-state index in [1.165, 1.54) is 0 Å². The lowest BCUT2D eigenvalue weighted by Gasteiger charge is -2.23. The molecule has 0 radical (unpaired) electrons. The first-order valence-electron chi connectivity index (χ1n) is 6.75. The van der Waals surface area contributed by atoms with Crippen molar-refractivity contribution in [2.24, 2.45) is 16.1 Å². The van der Waals surface area contributed by atoms with Crippen LogP contribution in [-0.4, -0.2) is 36.9 Å². The summed E-state index contributed by atoms with van der Waals surface area (Å²) in [6, 6.07) is 3.33. The number of nitrogens with one attached hydrogen (secondary N) is 1. The molecule has 1 amide bonds. The number of guanidine groups is 1. The van der Waals surface area contributed by atoms with Gasteiger partial charge in [0.25, 0.3) is 5.91 Å². The normalized spacial score (nSPS) is 17.5. The summed E-state index contributed by atoms with van der Waals surface area (Å²) < 4.78 is 5.33. The van der Waals surface area contributed by atoms with Gasteiger partial charge in [-0.15, -0.1) is 24.0 Å². The van der Waals surface area contributed by atoms with Crippen molar-refractivity contribution < 1.29 is 9.21 Å². The highest BCUT2D eigenvalue weighted by molar-refractivity contribution is 14.0. The van der Waals surface area contributed by atoms with Crippen molar-refractivity contribution in [3.8, 4) is 0 Å². The summed E-state index contributed by atoms with van der Waals surface area (Å²) in [5.41, 5.74) is 5.47. The van der Waals surface area contributed by atoms with Gasteiger partial charge in [-0.2, -0.15) is 0 Å². The van der Waals surface area contributed by atoms with Gasteiger partial charge in [-0.25, -0.2) is 0 Å². The summed E-state index contributed by atoms with van der Waals surface area (Å²) in [5.74, 6) is 1.15. The predicted molar refractivity (Wildman–Crippen MR) is 92.8 cm³/mol. The minimum Gasteiger partial charge on any atom is -0.454 e. The summed E-state index contributed by atoms with van der Waals surface area (Å²) >= 11 is 0. The van der Waals surface area contributed by atoms with Gasteiger partial charge in [0.15, 0.2) is 11.7 Å². The first-order chi connectivity index (χ1) is 9.41. The van der Waals surface area contributed by atoms with E-state index < -0.39 is 5.91 Å². The largest absolute Gasteiger partial charge is 0.454 e. The highest BCUT2D eigenvalue weighted by atomic mass is 127. The number of carbonyl (C=O) groups excluding carboxylic acids is 1. The van der Waals surface area contributed by atoms with Crippen LogP contribution in [0.5, 0.6) is 0 Å². The number of likely N-dealkylation sites (tertiary alicyclic amines) is 1. The second-order valence-electron chi connectivity index (χ2n) is 5.87. The predicted octanol–water partition coefficient (Wildman–Crippen LogP) is 1.80. The van der Waals surface area contributed by atoms with Crippen molar-refractivity contribution in [2.75, 3.05) is 20.1 Å². The molecule has 0 atom stereocenters. The molecule has 7 heteroatoms. The lowest BCUT2D eigenvalue weighted by molar-refractivity contribution is 0.0972. The van der Waals surface area contributed by atoms with Crippen LogP contribution in [0.25, 0.3) is 0 Å². The molecule has 118 valence electrons. The van der Waals surface area contributed by atoms with E-state index in [0.29, 0.717) is 17.7 Å². The Bertz CT molecular complexity index is 525. The van der Waals surface area contributed by atoms with Crippen LogP contribution in [0.2, 0.25) is 0 Å². The van der Waals surface area contributed by atoms with Gasteiger partial charge in [0.1, 0.15) is 5.76 Å². The van der Waals surface area contributed by atoms with E-state index in [2.05, 4.69) is 29.1 Å². The van der Waals surface area contributed by atoms with Crippen LogP contribution in [0.3, 0.4) is 0 Å². The van der Waals surface area contributed by atoms with Gasteiger partial charge in [0.05, 0.1) is 6.54 Å². The van der Waals surface area contributed by atoms with E-state index >= 15 is 0 Å². The molecule has 2 heterocycles. The highest BCUT2D eigenvalue weighted by Crippen LogP contribution is 2.28. The molecule has 0 saturated carbocycles. The zero-order chi connectivity index (χ0) is 14.8. The molecule has 1 aromatic heterocycles. The molecular weight excluding hydrogens is 383 g/mol. The number of carbonyl (C=O) groups is 1. The molecule has 1 fully saturated rings. The molecule has 1 aliphatic heterocycles. The Hall–Kier alpha value is -1.25. The first-order valence-corrected chi connectivity index (χ1v) is 6.75. The number of furan rings is 1. The Labute approximate surface area is 142 Å². The maximum atomic E-state index is 11.0. The number of amides is 1. The summed E-state index contributed by atoms with van der Waals surface area (Å²) in [7, 11) is 1.77. The third kappa shape index (κ3) is 4.62. The van der Waals surface area contributed by atoms with Gasteiger partial charge in [0, 0.05) is 20.1 Å². The Balaban J connectivity index is 0.00000220. The van der Waals surface area contributed by atoms with Crippen molar-refractivity contribution in [3.63, 3.8) is 0 Å². The average Bonchev–Trinajstić information content (AvgIpc) is 2.97. The van der Waals surface area contributed by atoms with Crippen LogP contribution in [0.15, 0.2) is 21.5 Å². The van der Waals surface area contributed by atoms with Crippen LogP contribution in [0.1, 0.15) is 36.6 Å². The van der Waals surface area contributed by atoms with Gasteiger partial charge in [-0.1, -0.05) is 13.8 Å². The molecule has 21 heavy (non-hydrogen) atoms. The second kappa shape index (κ2) is 7.15. The van der Waals surface area contributed by atoms with Gasteiger partial charge in [-0.05, 0) is 24.0 Å². The number of hydrogen-bond acceptors (Lipinski definition) is 3. The molecule has 2 rings (SSSR count). The van der Waals surface area contributed by atoms with Crippen molar-refractivity contribution in [3.05, 3.63) is 23.7 Å². The fourth-order valence-corrected chi connectivity index (χ4v) is 2.40. The quantitative estimate of drug-likeness (QED) is 0.456. The lowest BCUT2D eigenvalue weighted by Crippen LogP contribution is -2.40. The highest BCUT2D eigenvalue weighted by Gasteiger charge is 2.30. The Morgan fingerprint density at radius 3 is 2.71 bits per heavy atom. The Morgan fingerprint density at radius 2 is 2.24 bits per heavy atom. The van der Waals surface area contributed by atoms with Crippen LogP contribution in [0.4, 0.5) is 0 Å². The molecule has 0 bridgehead atoms. The zero-order valence-electron chi connectivity index (χ0n) is 12.7. The smallest absolute Gasteiger partial charge is 0.284 e. The maximum Gasteiger partial charge on any atom is 0.284 e. The third-order valence-electron chi connectivity index (χ3n) is 3.51. The molecule has 0 unspecified atom stereocenters. The molecule has 0 spiro atoms. The fourth-order valence-electron chi connectivity index (χ4n) is 2.40. The van der Waals surface area contributed by atoms with Crippen LogP contribution in [0, 0.1) is 5.41 Å². The number of aliphatic imine (C=N–C) groups is 1. The number of primary amides is 1. The van der Waals surface area contributed by atoms with E-state index in [1.54, 1.807) is 19.2 Å². The van der Waals surface area contributed by atoms with E-state index in [4.69, 9.17) is 10.2 Å². The van der Waals surface area contributed by atoms with E-state index in [9.17, 15) is 4.79 Å². The summed E-state index contributed by atoms with van der Waals surface area (Å²) in [4.78, 5) is 17.5. The molecule has 6 nitrogen and oxygen atoms in total. The number of hydrogen-bond donors (Lipinski definition) is 2. The molecule has 1 saturated heterocycles. The minimum absolute atomic E-state index is 0. The van der Waals surface area contributed by atoms with E-state index in [0.717, 1.165) is 25.5 Å². The van der Waals surface area contributed by atoms with Crippen LogP contribution < -0.4 is 11.1 Å². The SMILES string of the molecule is CN=C(NCc1ccc(C(N)=O)o1)N1CCC(C)(C)C1.I. The number of halogens is 1. The molecule has 1 aliphatic rings. The molecule has 1 aromatic rings. The van der Waals surface area contributed by atoms with Crippen LogP contribution in [-0.2, 0) is 6.54 Å². The van der Waals surface area contributed by atoms with Gasteiger partial charge < -0.3 is 20.4 Å².